The quantitative estimate of drug-likeness (QED) is 0.337. The average Bonchev–Trinajstić information content (AvgIpc) is 2.39. The number of hydrogen-bond donors (Lipinski definition) is 1. The molecule has 0 amide bonds. The van der Waals surface area contributed by atoms with Crippen LogP contribution in [-0.2, 0) is 13.3 Å². The molecule has 0 spiro atoms. The Kier molecular flexibility index (Phi) is 6.08. The van der Waals surface area contributed by atoms with Crippen molar-refractivity contribution in [1.29, 1.82) is 0 Å². The van der Waals surface area contributed by atoms with Gasteiger partial charge in [0.05, 0.1) is 4.92 Å². The maximum atomic E-state index is 10.8. The van der Waals surface area contributed by atoms with E-state index in [9.17, 15) is 10.1 Å². The minimum Gasteiger partial charge on any atom is -0.393 e. The van der Waals surface area contributed by atoms with Gasteiger partial charge in [-0.1, -0.05) is 0 Å². The van der Waals surface area contributed by atoms with Crippen molar-refractivity contribution in [3.05, 3.63) is 28.3 Å². The molecule has 112 valence electrons. The second-order valence-electron chi connectivity index (χ2n) is 3.89. The highest BCUT2D eigenvalue weighted by atomic mass is 28.4. The molecule has 0 unspecified atom stereocenters. The van der Waals surface area contributed by atoms with E-state index in [0.29, 0.717) is 25.0 Å². The zero-order chi connectivity index (χ0) is 15.2. The molecule has 0 heterocycles. The highest BCUT2D eigenvalue weighted by Gasteiger charge is 2.43. The summed E-state index contributed by atoms with van der Waals surface area (Å²) in [7, 11) is -3.06. The van der Waals surface area contributed by atoms with Gasteiger partial charge in [0.15, 0.2) is 0 Å². The highest BCUT2D eigenvalue weighted by Crippen LogP contribution is 2.21. The highest BCUT2D eigenvalue weighted by molar-refractivity contribution is 6.75. The Morgan fingerprint density at radius 3 is 2.00 bits per heavy atom. The molecule has 0 fully saturated rings. The van der Waals surface area contributed by atoms with Gasteiger partial charge in [0.1, 0.15) is 5.69 Å². The van der Waals surface area contributed by atoms with Crippen LogP contribution >= 0.6 is 0 Å². The maximum absolute atomic E-state index is 10.8. The van der Waals surface area contributed by atoms with Crippen molar-refractivity contribution in [3.8, 4) is 0 Å². The Balaban J connectivity index is 3.25. The van der Waals surface area contributed by atoms with Crippen LogP contribution in [0.25, 0.3) is 0 Å². The van der Waals surface area contributed by atoms with Crippen LogP contribution in [0.5, 0.6) is 0 Å². The summed E-state index contributed by atoms with van der Waals surface area (Å²) in [6, 6.07) is 4.44. The summed E-state index contributed by atoms with van der Waals surface area (Å²) < 4.78 is 17.2. The number of nitrogens with two attached hydrogens (primary N) is 1. The molecule has 0 radical (unpaired) electrons. The number of nitrogen functional groups attached to an aromatic ring is 1. The molecule has 0 atom stereocenters. The van der Waals surface area contributed by atoms with E-state index in [2.05, 4.69) is 0 Å². The van der Waals surface area contributed by atoms with Crippen LogP contribution in [0.1, 0.15) is 20.8 Å². The average molecular weight is 300 g/mol. The Morgan fingerprint density at radius 1 is 1.15 bits per heavy atom. The third-order valence-electron chi connectivity index (χ3n) is 2.58. The fraction of sp³-hybridized carbons (Fsp3) is 0.500. The first-order valence-electron chi connectivity index (χ1n) is 6.47. The summed E-state index contributed by atoms with van der Waals surface area (Å²) in [5.41, 5.74) is 5.66. The van der Waals surface area contributed by atoms with Gasteiger partial charge in [-0.25, -0.2) is 0 Å². The molecule has 0 aliphatic carbocycles. The molecular formula is C12H20N2O5Si. The normalized spacial score (nSPS) is 11.6. The van der Waals surface area contributed by atoms with Gasteiger partial charge in [0.25, 0.3) is 5.69 Å². The van der Waals surface area contributed by atoms with Crippen LogP contribution < -0.4 is 10.9 Å². The predicted molar refractivity (Wildman–Crippen MR) is 77.8 cm³/mol. The van der Waals surface area contributed by atoms with Gasteiger partial charge in [-0.15, -0.1) is 0 Å². The second kappa shape index (κ2) is 7.34. The second-order valence-corrected chi connectivity index (χ2v) is 6.44. The van der Waals surface area contributed by atoms with Crippen molar-refractivity contribution < 1.29 is 18.2 Å². The minimum absolute atomic E-state index is 0.0727. The molecule has 0 saturated carbocycles. The monoisotopic (exact) mass is 300 g/mol. The molecule has 1 rings (SSSR count). The molecule has 0 aromatic heterocycles. The van der Waals surface area contributed by atoms with Crippen LogP contribution in [0.4, 0.5) is 11.4 Å². The van der Waals surface area contributed by atoms with Crippen molar-refractivity contribution in [3.63, 3.8) is 0 Å². The van der Waals surface area contributed by atoms with Gasteiger partial charge in [0.2, 0.25) is 0 Å². The Bertz CT molecular complexity index is 452. The van der Waals surface area contributed by atoms with Gasteiger partial charge in [-0.3, -0.25) is 10.1 Å². The van der Waals surface area contributed by atoms with Gasteiger partial charge in [0, 0.05) is 31.1 Å². The maximum Gasteiger partial charge on any atom is 0.537 e. The van der Waals surface area contributed by atoms with Crippen molar-refractivity contribution >= 4 is 25.4 Å². The molecule has 20 heavy (non-hydrogen) atoms. The van der Waals surface area contributed by atoms with Gasteiger partial charge in [-0.05, 0) is 32.9 Å². The van der Waals surface area contributed by atoms with Crippen LogP contribution in [0.15, 0.2) is 18.2 Å². The zero-order valence-corrected chi connectivity index (χ0v) is 12.9. The first kappa shape index (κ1) is 16.6. The number of benzene rings is 1. The number of anilines is 1. The molecule has 1 aromatic rings. The molecular weight excluding hydrogens is 280 g/mol. The summed E-state index contributed by atoms with van der Waals surface area (Å²) in [6.45, 7) is 6.78. The Hall–Kier alpha value is -1.48. The van der Waals surface area contributed by atoms with Crippen molar-refractivity contribution in [2.45, 2.75) is 20.8 Å². The van der Waals surface area contributed by atoms with E-state index in [1.165, 1.54) is 12.1 Å². The molecule has 0 bridgehead atoms. The van der Waals surface area contributed by atoms with E-state index in [1.807, 2.05) is 20.8 Å². The molecule has 2 N–H and O–H groups in total. The fourth-order valence-corrected chi connectivity index (χ4v) is 4.37. The summed E-state index contributed by atoms with van der Waals surface area (Å²) in [4.78, 5) is 10.3. The number of nitrogens with zero attached hydrogens (tertiary/aromatic N) is 1. The fourth-order valence-electron chi connectivity index (χ4n) is 1.86. The lowest BCUT2D eigenvalue weighted by Crippen LogP contribution is -2.57. The number of nitro benzene ring substituents is 1. The summed E-state index contributed by atoms with van der Waals surface area (Å²) in [6.07, 6.45) is 0. The van der Waals surface area contributed by atoms with Gasteiger partial charge < -0.3 is 19.0 Å². The largest absolute Gasteiger partial charge is 0.537 e. The lowest BCUT2D eigenvalue weighted by Gasteiger charge is -2.28. The van der Waals surface area contributed by atoms with E-state index in [-0.39, 0.29) is 11.4 Å². The lowest BCUT2D eigenvalue weighted by molar-refractivity contribution is -0.383. The lowest BCUT2D eigenvalue weighted by atomic mass is 10.3. The first-order chi connectivity index (χ1) is 9.50. The number of rotatable bonds is 8. The standard InChI is InChI=1S/C12H20N2O5Si/c1-4-17-20(18-5-2,19-6-3)10-7-8-12(14(15)16)11(13)9-10/h7-9H,4-6,13H2,1-3H3. The van der Waals surface area contributed by atoms with E-state index >= 15 is 0 Å². The first-order valence-corrected chi connectivity index (χ1v) is 8.19. The molecule has 0 saturated heterocycles. The molecule has 1 aromatic carbocycles. The van der Waals surface area contributed by atoms with E-state index in [0.717, 1.165) is 0 Å². The molecule has 0 aliphatic rings. The third-order valence-corrected chi connectivity index (χ3v) is 5.61. The number of hydrogen-bond acceptors (Lipinski definition) is 6. The Morgan fingerprint density at radius 2 is 1.65 bits per heavy atom. The van der Waals surface area contributed by atoms with E-state index < -0.39 is 13.7 Å². The van der Waals surface area contributed by atoms with Crippen molar-refractivity contribution in [1.82, 2.24) is 0 Å². The summed E-state index contributed by atoms with van der Waals surface area (Å²) in [5.74, 6) is 0. The van der Waals surface area contributed by atoms with E-state index in [1.54, 1.807) is 6.07 Å². The topological polar surface area (TPSA) is 96.8 Å². The van der Waals surface area contributed by atoms with Crippen molar-refractivity contribution in [2.75, 3.05) is 25.6 Å². The molecule has 7 nitrogen and oxygen atoms in total. The van der Waals surface area contributed by atoms with E-state index in [4.69, 9.17) is 19.0 Å². The zero-order valence-electron chi connectivity index (χ0n) is 11.9. The summed E-state index contributed by atoms with van der Waals surface area (Å²) in [5, 5.41) is 11.4. The SMILES string of the molecule is CCO[Si](OCC)(OCC)c1ccc([N+](=O)[O-])c(N)c1. The molecule has 0 aliphatic heterocycles. The van der Waals surface area contributed by atoms with Crippen LogP contribution in [-0.4, -0.2) is 33.5 Å². The van der Waals surface area contributed by atoms with Crippen LogP contribution in [0.3, 0.4) is 0 Å². The van der Waals surface area contributed by atoms with Crippen LogP contribution in [0, 0.1) is 10.1 Å². The predicted octanol–water partition coefficient (Wildman–Crippen LogP) is 1.43. The van der Waals surface area contributed by atoms with Gasteiger partial charge >= 0.3 is 8.80 Å². The van der Waals surface area contributed by atoms with Gasteiger partial charge in [-0.2, -0.15) is 0 Å². The van der Waals surface area contributed by atoms with Crippen LogP contribution in [0.2, 0.25) is 0 Å². The summed E-state index contributed by atoms with van der Waals surface area (Å²) >= 11 is 0. The third kappa shape index (κ3) is 3.54. The smallest absolute Gasteiger partial charge is 0.393 e. The molecule has 8 heteroatoms. The Labute approximate surface area is 119 Å². The van der Waals surface area contributed by atoms with Crippen molar-refractivity contribution in [2.24, 2.45) is 0 Å². The minimum atomic E-state index is -3.06. The number of nitro groups is 1.